The maximum Gasteiger partial charge on any atom is 0.252 e. The zero-order chi connectivity index (χ0) is 13.8. The summed E-state index contributed by atoms with van der Waals surface area (Å²) in [6.07, 6.45) is 0.717. The third-order valence-corrected chi connectivity index (χ3v) is 3.48. The third kappa shape index (κ3) is 3.12. The first-order valence-electron chi connectivity index (χ1n) is 6.63. The van der Waals surface area contributed by atoms with Gasteiger partial charge in [0.25, 0.3) is 5.56 Å². The average molecular weight is 261 g/mol. The molecule has 6 heteroatoms. The van der Waals surface area contributed by atoms with Crippen LogP contribution in [-0.2, 0) is 6.42 Å². The minimum atomic E-state index is -0.102. The van der Waals surface area contributed by atoms with Gasteiger partial charge in [-0.25, -0.2) is 4.98 Å². The summed E-state index contributed by atoms with van der Waals surface area (Å²) in [5.74, 6) is 1.46. The number of hydrogen-bond donors (Lipinski definition) is 1. The van der Waals surface area contributed by atoms with Crippen molar-refractivity contribution in [3.8, 4) is 6.07 Å². The van der Waals surface area contributed by atoms with Crippen molar-refractivity contribution in [2.45, 2.75) is 26.3 Å². The van der Waals surface area contributed by atoms with E-state index in [1.54, 1.807) is 6.07 Å². The van der Waals surface area contributed by atoms with Crippen LogP contribution >= 0.6 is 0 Å². The van der Waals surface area contributed by atoms with Gasteiger partial charge in [0, 0.05) is 38.7 Å². The Labute approximate surface area is 112 Å². The molecule has 1 aromatic heterocycles. The highest BCUT2D eigenvalue weighted by atomic mass is 16.1. The van der Waals surface area contributed by atoms with Crippen LogP contribution in [0.15, 0.2) is 10.9 Å². The van der Waals surface area contributed by atoms with Crippen molar-refractivity contribution in [2.24, 2.45) is 0 Å². The van der Waals surface area contributed by atoms with Gasteiger partial charge in [-0.05, 0) is 6.92 Å². The number of aryl methyl sites for hydroxylation is 1. The second-order valence-corrected chi connectivity index (χ2v) is 4.73. The molecule has 1 saturated heterocycles. The minimum absolute atomic E-state index is 0.0551. The molecule has 1 atom stereocenters. The number of anilines is 1. The lowest BCUT2D eigenvalue weighted by molar-refractivity contribution is 0.231. The molecule has 1 unspecified atom stereocenters. The summed E-state index contributed by atoms with van der Waals surface area (Å²) >= 11 is 0. The van der Waals surface area contributed by atoms with E-state index in [0.29, 0.717) is 6.42 Å². The smallest absolute Gasteiger partial charge is 0.252 e. The lowest BCUT2D eigenvalue weighted by Gasteiger charge is -2.36. The Morgan fingerprint density at radius 3 is 2.74 bits per heavy atom. The monoisotopic (exact) mass is 261 g/mol. The van der Waals surface area contributed by atoms with Gasteiger partial charge in [0.05, 0.1) is 12.1 Å². The van der Waals surface area contributed by atoms with Crippen molar-refractivity contribution in [3.63, 3.8) is 0 Å². The number of hydrogen-bond acceptors (Lipinski definition) is 5. The van der Waals surface area contributed by atoms with E-state index in [-0.39, 0.29) is 11.6 Å². The van der Waals surface area contributed by atoms with Crippen molar-refractivity contribution in [1.82, 2.24) is 14.9 Å². The molecule has 0 bridgehead atoms. The van der Waals surface area contributed by atoms with Crippen LogP contribution in [0.1, 0.15) is 19.7 Å². The van der Waals surface area contributed by atoms with Gasteiger partial charge < -0.3 is 9.88 Å². The highest BCUT2D eigenvalue weighted by molar-refractivity contribution is 5.38. The van der Waals surface area contributed by atoms with Gasteiger partial charge in [0.15, 0.2) is 0 Å². The summed E-state index contributed by atoms with van der Waals surface area (Å²) in [6, 6.07) is 3.74. The highest BCUT2D eigenvalue weighted by Crippen LogP contribution is 2.13. The molecule has 0 amide bonds. The van der Waals surface area contributed by atoms with Gasteiger partial charge in [-0.2, -0.15) is 5.26 Å². The zero-order valence-electron chi connectivity index (χ0n) is 11.4. The molecule has 0 aromatic carbocycles. The van der Waals surface area contributed by atoms with Crippen LogP contribution in [0.5, 0.6) is 0 Å². The van der Waals surface area contributed by atoms with Gasteiger partial charge in [-0.3, -0.25) is 9.69 Å². The third-order valence-electron chi connectivity index (χ3n) is 3.48. The molecule has 0 radical (unpaired) electrons. The highest BCUT2D eigenvalue weighted by Gasteiger charge is 2.21. The first-order valence-corrected chi connectivity index (χ1v) is 6.63. The number of nitriles is 1. The molecule has 1 fully saturated rings. The number of nitrogens with one attached hydrogen (secondary N) is 1. The molecular weight excluding hydrogens is 242 g/mol. The molecular formula is C13H19N5O. The number of aromatic amines is 1. The van der Waals surface area contributed by atoms with Gasteiger partial charge in [-0.1, -0.05) is 6.92 Å². The molecule has 2 heterocycles. The van der Waals surface area contributed by atoms with Crippen molar-refractivity contribution < 1.29 is 0 Å². The van der Waals surface area contributed by atoms with Crippen LogP contribution in [0.2, 0.25) is 0 Å². The topological polar surface area (TPSA) is 76.0 Å². The molecule has 1 N–H and O–H groups in total. The summed E-state index contributed by atoms with van der Waals surface area (Å²) in [4.78, 5) is 23.0. The summed E-state index contributed by atoms with van der Waals surface area (Å²) in [7, 11) is 0. The molecule has 1 aliphatic heterocycles. The van der Waals surface area contributed by atoms with E-state index in [1.807, 2.05) is 13.8 Å². The number of piperazine rings is 1. The Morgan fingerprint density at radius 1 is 1.47 bits per heavy atom. The van der Waals surface area contributed by atoms with Crippen LogP contribution in [-0.4, -0.2) is 47.1 Å². The summed E-state index contributed by atoms with van der Waals surface area (Å²) in [5, 5.41) is 8.91. The maximum absolute atomic E-state index is 11.6. The van der Waals surface area contributed by atoms with E-state index >= 15 is 0 Å². The second-order valence-electron chi connectivity index (χ2n) is 4.73. The first kappa shape index (κ1) is 13.6. The van der Waals surface area contributed by atoms with E-state index < -0.39 is 0 Å². The molecule has 19 heavy (non-hydrogen) atoms. The first-order chi connectivity index (χ1) is 9.13. The van der Waals surface area contributed by atoms with Crippen LogP contribution in [0.25, 0.3) is 0 Å². The van der Waals surface area contributed by atoms with Crippen molar-refractivity contribution in [2.75, 3.05) is 31.1 Å². The van der Waals surface area contributed by atoms with Crippen molar-refractivity contribution in [3.05, 3.63) is 22.2 Å². The fourth-order valence-electron chi connectivity index (χ4n) is 2.24. The lowest BCUT2D eigenvalue weighted by Crippen LogP contribution is -2.49. The van der Waals surface area contributed by atoms with Crippen molar-refractivity contribution >= 4 is 5.82 Å². The molecule has 6 nitrogen and oxygen atoms in total. The van der Waals surface area contributed by atoms with Crippen LogP contribution in [0, 0.1) is 11.3 Å². The SMILES string of the molecule is CCc1nc(N2CCN(C(C)C#N)CC2)cc(=O)[nH]1. The van der Waals surface area contributed by atoms with Gasteiger partial charge in [0.1, 0.15) is 11.6 Å². The van der Waals surface area contributed by atoms with E-state index in [4.69, 9.17) is 5.26 Å². The van der Waals surface area contributed by atoms with Crippen LogP contribution in [0.4, 0.5) is 5.82 Å². The van der Waals surface area contributed by atoms with Gasteiger partial charge >= 0.3 is 0 Å². The normalized spacial score (nSPS) is 18.1. The predicted octanol–water partition coefficient (Wildman–Crippen LogP) is 0.366. The second kappa shape index (κ2) is 5.85. The molecule has 0 aliphatic carbocycles. The van der Waals surface area contributed by atoms with E-state index in [2.05, 4.69) is 25.8 Å². The van der Waals surface area contributed by atoms with Gasteiger partial charge in [-0.15, -0.1) is 0 Å². The Morgan fingerprint density at radius 2 is 2.16 bits per heavy atom. The standard InChI is InChI=1S/C13H19N5O/c1-3-11-15-12(8-13(19)16-11)18-6-4-17(5-7-18)10(2)9-14/h8,10H,3-7H2,1-2H3,(H,15,16,19). The Balaban J connectivity index is 2.08. The summed E-state index contributed by atoms with van der Waals surface area (Å²) in [6.45, 7) is 7.12. The zero-order valence-corrected chi connectivity index (χ0v) is 11.4. The Hall–Kier alpha value is -1.87. The fourth-order valence-corrected chi connectivity index (χ4v) is 2.24. The molecule has 0 saturated carbocycles. The van der Waals surface area contributed by atoms with E-state index in [1.165, 1.54) is 0 Å². The van der Waals surface area contributed by atoms with E-state index in [0.717, 1.165) is 37.8 Å². The number of H-pyrrole nitrogens is 1. The van der Waals surface area contributed by atoms with Crippen molar-refractivity contribution in [1.29, 1.82) is 5.26 Å². The molecule has 102 valence electrons. The fraction of sp³-hybridized carbons (Fsp3) is 0.615. The average Bonchev–Trinajstić information content (AvgIpc) is 2.46. The predicted molar refractivity (Wildman–Crippen MR) is 73.1 cm³/mol. The maximum atomic E-state index is 11.6. The molecule has 2 rings (SSSR count). The summed E-state index contributed by atoms with van der Waals surface area (Å²) < 4.78 is 0. The largest absolute Gasteiger partial charge is 0.354 e. The Bertz CT molecular complexity index is 525. The molecule has 1 aliphatic rings. The quantitative estimate of drug-likeness (QED) is 0.850. The van der Waals surface area contributed by atoms with Crippen LogP contribution in [0.3, 0.4) is 0 Å². The minimum Gasteiger partial charge on any atom is -0.354 e. The number of rotatable bonds is 3. The summed E-state index contributed by atoms with van der Waals surface area (Å²) in [5.41, 5.74) is -0.102. The molecule has 0 spiro atoms. The van der Waals surface area contributed by atoms with Gasteiger partial charge in [0.2, 0.25) is 0 Å². The Kier molecular flexibility index (Phi) is 4.17. The lowest BCUT2D eigenvalue weighted by atomic mass is 10.2. The van der Waals surface area contributed by atoms with E-state index in [9.17, 15) is 4.79 Å². The number of aromatic nitrogens is 2. The number of nitrogens with zero attached hydrogens (tertiary/aromatic N) is 4. The van der Waals surface area contributed by atoms with Crippen LogP contribution < -0.4 is 10.5 Å². The molecule has 1 aromatic rings.